The third kappa shape index (κ3) is 5.22. The number of likely N-dealkylation sites (tertiary alicyclic amines) is 1. The van der Waals surface area contributed by atoms with E-state index in [-0.39, 0.29) is 35.0 Å². The van der Waals surface area contributed by atoms with Gasteiger partial charge in [0.1, 0.15) is 5.82 Å². The van der Waals surface area contributed by atoms with Crippen LogP contribution < -0.4 is 9.62 Å². The van der Waals surface area contributed by atoms with Crippen molar-refractivity contribution in [1.29, 1.82) is 5.26 Å². The predicted octanol–water partition coefficient (Wildman–Crippen LogP) is 3.72. The van der Waals surface area contributed by atoms with Crippen LogP contribution in [0.4, 0.5) is 11.5 Å². The molecule has 2 saturated heterocycles. The fraction of sp³-hybridized carbons (Fsp3) is 0.440. The number of nitrogens with one attached hydrogen (secondary N) is 1. The molecule has 10 nitrogen and oxygen atoms in total. The monoisotopic (exact) mass is 541 g/mol. The van der Waals surface area contributed by atoms with E-state index >= 15 is 0 Å². The van der Waals surface area contributed by atoms with Crippen molar-refractivity contribution >= 4 is 44.7 Å². The van der Waals surface area contributed by atoms with Crippen molar-refractivity contribution in [2.45, 2.75) is 32.2 Å². The quantitative estimate of drug-likeness (QED) is 0.522. The Labute approximate surface area is 220 Å². The summed E-state index contributed by atoms with van der Waals surface area (Å²) in [5.41, 5.74) is 1.78. The van der Waals surface area contributed by atoms with Crippen molar-refractivity contribution in [1.82, 2.24) is 19.5 Å². The lowest BCUT2D eigenvalue weighted by molar-refractivity contribution is 0.0607. The first-order valence-corrected chi connectivity index (χ1v) is 14.5. The number of amides is 1. The molecule has 37 heavy (non-hydrogen) atoms. The van der Waals surface area contributed by atoms with E-state index in [4.69, 9.17) is 21.7 Å². The van der Waals surface area contributed by atoms with Crippen LogP contribution in [0.2, 0.25) is 5.02 Å². The molecule has 2 aliphatic rings. The Kier molecular flexibility index (Phi) is 6.72. The maximum Gasteiger partial charge on any atom is 0.256 e. The van der Waals surface area contributed by atoms with Gasteiger partial charge in [-0.15, -0.1) is 5.10 Å². The number of benzene rings is 1. The minimum absolute atomic E-state index is 0.0220. The Morgan fingerprint density at radius 2 is 2.03 bits per heavy atom. The molecule has 2 aliphatic heterocycles. The number of carbonyl (C=O) groups is 1. The number of piperidine rings is 1. The molecule has 0 spiro atoms. The Morgan fingerprint density at radius 1 is 1.22 bits per heavy atom. The molecule has 3 atom stereocenters. The third-order valence-electron chi connectivity index (χ3n) is 7.04. The molecule has 1 amide bonds. The molecule has 0 radical (unpaired) electrons. The van der Waals surface area contributed by atoms with Crippen molar-refractivity contribution in [3.05, 3.63) is 52.8 Å². The van der Waals surface area contributed by atoms with Crippen LogP contribution in [0.5, 0.6) is 0 Å². The Hall–Kier alpha value is -3.36. The standard InChI is InChI=1S/C25H28ClN7O3S/c1-16-13-31(14-17(16)12-27)24-9-8-23-28-21(15-33(23)29-24)22-5-3-4-10-32(22)25(34)19-11-18(26)6-7-20(19)30-37(2,35)36/h6-9,11,15-17,22,30H,3-5,10,13-14H2,1-2H3/t16-,17+,22-/m0/s1. The van der Waals surface area contributed by atoms with Gasteiger partial charge in [-0.05, 0) is 55.5 Å². The molecular weight excluding hydrogens is 514 g/mol. The number of hydrogen-bond acceptors (Lipinski definition) is 7. The largest absolute Gasteiger partial charge is 0.354 e. The number of aromatic nitrogens is 3. The highest BCUT2D eigenvalue weighted by molar-refractivity contribution is 7.92. The number of nitriles is 1. The summed E-state index contributed by atoms with van der Waals surface area (Å²) in [6.45, 7) is 4.01. The first kappa shape index (κ1) is 25.3. The Morgan fingerprint density at radius 3 is 2.76 bits per heavy atom. The van der Waals surface area contributed by atoms with Gasteiger partial charge in [0.25, 0.3) is 5.91 Å². The highest BCUT2D eigenvalue weighted by atomic mass is 35.5. The number of anilines is 2. The lowest BCUT2D eigenvalue weighted by Crippen LogP contribution is -2.39. The van der Waals surface area contributed by atoms with E-state index < -0.39 is 10.0 Å². The first-order valence-electron chi connectivity index (χ1n) is 12.2. The zero-order valence-electron chi connectivity index (χ0n) is 20.6. The maximum atomic E-state index is 13.7. The second kappa shape index (κ2) is 9.84. The van der Waals surface area contributed by atoms with Crippen molar-refractivity contribution in [3.8, 4) is 6.07 Å². The number of hydrogen-bond donors (Lipinski definition) is 1. The zero-order valence-corrected chi connectivity index (χ0v) is 22.2. The molecule has 12 heteroatoms. The van der Waals surface area contributed by atoms with E-state index in [0.717, 1.165) is 43.6 Å². The normalized spacial score (nSPS) is 22.3. The lowest BCUT2D eigenvalue weighted by Gasteiger charge is -2.35. The van der Waals surface area contributed by atoms with Gasteiger partial charge in [0.2, 0.25) is 10.0 Å². The van der Waals surface area contributed by atoms with Crippen LogP contribution in [0.1, 0.15) is 48.3 Å². The van der Waals surface area contributed by atoms with E-state index in [2.05, 4.69) is 22.6 Å². The number of nitrogens with zero attached hydrogens (tertiary/aromatic N) is 6. The fourth-order valence-corrected chi connectivity index (χ4v) is 5.91. The number of sulfonamides is 1. The SMILES string of the molecule is C[C@H]1CN(c2ccc3nc([C@@H]4CCCCN4C(=O)c4cc(Cl)ccc4NS(C)(=O)=O)cn3n2)C[C@H]1C#N. The average Bonchev–Trinajstić information content (AvgIpc) is 3.46. The number of carbonyl (C=O) groups excluding carboxylic acids is 1. The van der Waals surface area contributed by atoms with Gasteiger partial charge in [-0.25, -0.2) is 17.9 Å². The molecular formula is C25H28ClN7O3S. The van der Waals surface area contributed by atoms with Gasteiger partial charge in [0.05, 0.1) is 47.4 Å². The maximum absolute atomic E-state index is 13.7. The number of rotatable bonds is 5. The number of halogens is 1. The van der Waals surface area contributed by atoms with Crippen LogP contribution in [0.3, 0.4) is 0 Å². The second-order valence-electron chi connectivity index (χ2n) is 9.85. The van der Waals surface area contributed by atoms with Crippen LogP contribution in [0.25, 0.3) is 5.65 Å². The highest BCUT2D eigenvalue weighted by Crippen LogP contribution is 2.34. The molecule has 2 aromatic heterocycles. The van der Waals surface area contributed by atoms with E-state index in [9.17, 15) is 18.5 Å². The summed E-state index contributed by atoms with van der Waals surface area (Å²) in [6, 6.07) is 10.4. The smallest absolute Gasteiger partial charge is 0.256 e. The zero-order chi connectivity index (χ0) is 26.3. The third-order valence-corrected chi connectivity index (χ3v) is 7.87. The van der Waals surface area contributed by atoms with Crippen molar-refractivity contribution < 1.29 is 13.2 Å². The topological polar surface area (TPSA) is 124 Å². The molecule has 0 saturated carbocycles. The van der Waals surface area contributed by atoms with E-state index in [1.807, 2.05) is 18.3 Å². The van der Waals surface area contributed by atoms with Crippen LogP contribution in [-0.2, 0) is 10.0 Å². The lowest BCUT2D eigenvalue weighted by atomic mass is 9.98. The van der Waals surface area contributed by atoms with Gasteiger partial charge < -0.3 is 9.80 Å². The summed E-state index contributed by atoms with van der Waals surface area (Å²) in [4.78, 5) is 22.4. The summed E-state index contributed by atoms with van der Waals surface area (Å²) in [5.74, 6) is 0.730. The van der Waals surface area contributed by atoms with Crippen LogP contribution in [-0.4, -0.2) is 59.7 Å². The molecule has 1 N–H and O–H groups in total. The highest BCUT2D eigenvalue weighted by Gasteiger charge is 2.33. The molecule has 0 bridgehead atoms. The van der Waals surface area contributed by atoms with Gasteiger partial charge in [0, 0.05) is 24.7 Å². The van der Waals surface area contributed by atoms with Crippen molar-refractivity contribution in [2.75, 3.05) is 35.5 Å². The average molecular weight is 542 g/mol. The molecule has 0 unspecified atom stereocenters. The summed E-state index contributed by atoms with van der Waals surface area (Å²) in [6.07, 6.45) is 5.39. The summed E-state index contributed by atoms with van der Waals surface area (Å²) < 4.78 is 27.9. The molecule has 5 rings (SSSR count). The van der Waals surface area contributed by atoms with E-state index in [1.165, 1.54) is 12.1 Å². The van der Waals surface area contributed by atoms with Gasteiger partial charge in [-0.3, -0.25) is 9.52 Å². The van der Waals surface area contributed by atoms with E-state index in [0.29, 0.717) is 23.8 Å². The van der Waals surface area contributed by atoms with Crippen molar-refractivity contribution in [3.63, 3.8) is 0 Å². The van der Waals surface area contributed by atoms with Gasteiger partial charge >= 0.3 is 0 Å². The molecule has 0 aliphatic carbocycles. The molecule has 194 valence electrons. The molecule has 3 aromatic rings. The summed E-state index contributed by atoms with van der Waals surface area (Å²) in [7, 11) is -3.59. The van der Waals surface area contributed by atoms with Crippen LogP contribution in [0.15, 0.2) is 36.5 Å². The molecule has 4 heterocycles. The Bertz CT molecular complexity index is 1500. The summed E-state index contributed by atoms with van der Waals surface area (Å²) in [5, 5.41) is 14.5. The van der Waals surface area contributed by atoms with Crippen LogP contribution >= 0.6 is 11.6 Å². The van der Waals surface area contributed by atoms with Gasteiger partial charge in [-0.2, -0.15) is 5.26 Å². The molecule has 2 fully saturated rings. The van der Waals surface area contributed by atoms with Crippen LogP contribution in [0, 0.1) is 23.2 Å². The summed E-state index contributed by atoms with van der Waals surface area (Å²) >= 11 is 6.18. The predicted molar refractivity (Wildman–Crippen MR) is 141 cm³/mol. The van der Waals surface area contributed by atoms with E-state index in [1.54, 1.807) is 15.5 Å². The second-order valence-corrected chi connectivity index (χ2v) is 12.0. The number of fused-ring (bicyclic) bond motifs is 1. The van der Waals surface area contributed by atoms with Gasteiger partial charge in [-0.1, -0.05) is 18.5 Å². The minimum Gasteiger partial charge on any atom is -0.354 e. The Balaban J connectivity index is 1.45. The minimum atomic E-state index is -3.59. The van der Waals surface area contributed by atoms with Crippen molar-refractivity contribution in [2.24, 2.45) is 11.8 Å². The van der Waals surface area contributed by atoms with Gasteiger partial charge in [0.15, 0.2) is 5.65 Å². The fourth-order valence-electron chi connectivity index (χ4n) is 5.16. The number of imidazole rings is 1. The molecule has 1 aromatic carbocycles. The first-order chi connectivity index (χ1) is 17.6.